The van der Waals surface area contributed by atoms with E-state index in [-0.39, 0.29) is 18.0 Å². The third-order valence-corrected chi connectivity index (χ3v) is 5.51. The number of benzene rings is 2. The summed E-state index contributed by atoms with van der Waals surface area (Å²) in [4.78, 5) is 27.8. The summed E-state index contributed by atoms with van der Waals surface area (Å²) in [5.41, 5.74) is 2.69. The quantitative estimate of drug-likeness (QED) is 0.593. The van der Waals surface area contributed by atoms with Crippen molar-refractivity contribution >= 4 is 29.0 Å². The van der Waals surface area contributed by atoms with Crippen LogP contribution in [0.5, 0.6) is 5.75 Å². The average Bonchev–Trinajstić information content (AvgIpc) is 2.79. The largest absolute Gasteiger partial charge is 0.497 e. The lowest BCUT2D eigenvalue weighted by Gasteiger charge is -2.31. The van der Waals surface area contributed by atoms with Gasteiger partial charge in [-0.05, 0) is 62.9 Å². The number of methoxy groups -OCH3 is 1. The van der Waals surface area contributed by atoms with E-state index in [4.69, 9.17) is 4.74 Å². The summed E-state index contributed by atoms with van der Waals surface area (Å²) in [5.74, 6) is 0.541. The van der Waals surface area contributed by atoms with Gasteiger partial charge >= 0.3 is 6.03 Å². The predicted octanol–water partition coefficient (Wildman–Crippen LogP) is 4.86. The molecule has 1 fully saturated rings. The molecular weight excluding hydrogens is 392 g/mol. The monoisotopic (exact) mass is 424 g/mol. The Hall–Kier alpha value is -3.22. The molecule has 0 aromatic heterocycles. The number of hydrogen-bond donors (Lipinski definition) is 3. The van der Waals surface area contributed by atoms with Crippen LogP contribution in [0.1, 0.15) is 49.9 Å². The maximum atomic E-state index is 13.0. The van der Waals surface area contributed by atoms with Gasteiger partial charge in [-0.2, -0.15) is 0 Å². The fraction of sp³-hybridized carbons (Fsp3) is 0.417. The van der Waals surface area contributed by atoms with Gasteiger partial charge in [0.25, 0.3) is 5.91 Å². The summed E-state index contributed by atoms with van der Waals surface area (Å²) in [7, 11) is 1.58. The molecule has 0 unspecified atom stereocenters. The number of piperidine rings is 1. The van der Waals surface area contributed by atoms with Crippen molar-refractivity contribution in [2.24, 2.45) is 0 Å². The fourth-order valence-corrected chi connectivity index (χ4v) is 3.60. The number of amides is 3. The number of nitrogens with zero attached hydrogens (tertiary/aromatic N) is 1. The molecule has 2 aromatic rings. The molecule has 31 heavy (non-hydrogen) atoms. The van der Waals surface area contributed by atoms with Gasteiger partial charge in [0, 0.05) is 42.3 Å². The third kappa shape index (κ3) is 6.13. The lowest BCUT2D eigenvalue weighted by molar-refractivity contribution is 0.0939. The van der Waals surface area contributed by atoms with Crippen LogP contribution in [0.3, 0.4) is 0 Å². The van der Waals surface area contributed by atoms with Gasteiger partial charge in [-0.1, -0.05) is 13.0 Å². The number of ether oxygens (including phenoxy) is 1. The molecule has 1 heterocycles. The molecule has 2 aromatic carbocycles. The van der Waals surface area contributed by atoms with Gasteiger partial charge in [0.05, 0.1) is 12.7 Å². The minimum atomic E-state index is -0.382. The van der Waals surface area contributed by atoms with E-state index in [1.807, 2.05) is 32.0 Å². The molecule has 1 aliphatic rings. The first kappa shape index (κ1) is 22.5. The first-order chi connectivity index (χ1) is 15.0. The lowest BCUT2D eigenvalue weighted by Crippen LogP contribution is -2.35. The zero-order valence-corrected chi connectivity index (χ0v) is 18.5. The molecule has 0 bridgehead atoms. The van der Waals surface area contributed by atoms with Crippen LogP contribution in [0.4, 0.5) is 21.9 Å². The summed E-state index contributed by atoms with van der Waals surface area (Å²) in [6.07, 6.45) is 4.31. The van der Waals surface area contributed by atoms with Gasteiger partial charge in [0.2, 0.25) is 0 Å². The van der Waals surface area contributed by atoms with E-state index < -0.39 is 0 Å². The van der Waals surface area contributed by atoms with E-state index in [1.54, 1.807) is 31.4 Å². The normalized spacial score (nSPS) is 14.5. The molecule has 1 aliphatic heterocycles. The van der Waals surface area contributed by atoms with Crippen molar-refractivity contribution < 1.29 is 14.3 Å². The number of carbonyl (C=O) groups excluding carboxylic acids is 2. The highest BCUT2D eigenvalue weighted by Crippen LogP contribution is 2.28. The third-order valence-electron chi connectivity index (χ3n) is 5.51. The van der Waals surface area contributed by atoms with Gasteiger partial charge in [-0.3, -0.25) is 4.79 Å². The van der Waals surface area contributed by atoms with Crippen molar-refractivity contribution in [3.8, 4) is 5.75 Å². The SMILES string of the molecule is CC[C@H](C)NC(=O)c1cc(NC(=O)Nc2cccc(OC)c2)ccc1N1CCCCC1. The Bertz CT molecular complexity index is 909. The minimum Gasteiger partial charge on any atom is -0.497 e. The number of carbonyl (C=O) groups is 2. The fourth-order valence-electron chi connectivity index (χ4n) is 3.60. The van der Waals surface area contributed by atoms with E-state index in [2.05, 4.69) is 20.9 Å². The van der Waals surface area contributed by atoms with Crippen molar-refractivity contribution in [2.45, 2.75) is 45.6 Å². The molecule has 166 valence electrons. The number of rotatable bonds is 7. The van der Waals surface area contributed by atoms with E-state index in [0.29, 0.717) is 22.7 Å². The lowest BCUT2D eigenvalue weighted by atomic mass is 10.1. The molecule has 0 aliphatic carbocycles. The number of nitrogens with one attached hydrogen (secondary N) is 3. The van der Waals surface area contributed by atoms with Crippen LogP contribution >= 0.6 is 0 Å². The van der Waals surface area contributed by atoms with Gasteiger partial charge in [0.15, 0.2) is 0 Å². The van der Waals surface area contributed by atoms with E-state index in [0.717, 1.165) is 38.0 Å². The Morgan fingerprint density at radius 1 is 1.03 bits per heavy atom. The van der Waals surface area contributed by atoms with Crippen molar-refractivity contribution in [1.82, 2.24) is 5.32 Å². The first-order valence-electron chi connectivity index (χ1n) is 10.9. The van der Waals surface area contributed by atoms with E-state index in [1.165, 1.54) is 6.42 Å². The smallest absolute Gasteiger partial charge is 0.323 e. The second-order valence-corrected chi connectivity index (χ2v) is 7.87. The number of hydrogen-bond acceptors (Lipinski definition) is 4. The van der Waals surface area contributed by atoms with Crippen molar-refractivity contribution in [2.75, 3.05) is 35.7 Å². The molecule has 1 atom stereocenters. The molecular formula is C24H32N4O3. The second-order valence-electron chi connectivity index (χ2n) is 7.87. The van der Waals surface area contributed by atoms with Crippen LogP contribution in [-0.2, 0) is 0 Å². The molecule has 3 rings (SSSR count). The van der Waals surface area contributed by atoms with Gasteiger partial charge < -0.3 is 25.6 Å². The van der Waals surface area contributed by atoms with Crippen molar-refractivity contribution in [3.05, 3.63) is 48.0 Å². The molecule has 0 spiro atoms. The molecule has 7 nitrogen and oxygen atoms in total. The standard InChI is InChI=1S/C24H32N4O3/c1-4-17(2)25-23(29)21-16-19(11-12-22(21)28-13-6-5-7-14-28)27-24(30)26-18-9-8-10-20(15-18)31-3/h8-12,15-17H,4-7,13-14H2,1-3H3,(H,25,29)(H2,26,27,30)/t17-/m0/s1. The van der Waals surface area contributed by atoms with E-state index in [9.17, 15) is 9.59 Å². The second kappa shape index (κ2) is 10.7. The first-order valence-corrected chi connectivity index (χ1v) is 10.9. The zero-order valence-electron chi connectivity index (χ0n) is 18.5. The number of anilines is 3. The maximum Gasteiger partial charge on any atom is 0.323 e. The molecule has 3 N–H and O–H groups in total. The maximum absolute atomic E-state index is 13.0. The van der Waals surface area contributed by atoms with Crippen LogP contribution in [0.2, 0.25) is 0 Å². The predicted molar refractivity (Wildman–Crippen MR) is 125 cm³/mol. The van der Waals surface area contributed by atoms with Crippen LogP contribution in [-0.4, -0.2) is 38.2 Å². The molecule has 7 heteroatoms. The van der Waals surface area contributed by atoms with Crippen LogP contribution in [0, 0.1) is 0 Å². The van der Waals surface area contributed by atoms with Gasteiger partial charge in [-0.15, -0.1) is 0 Å². The summed E-state index contributed by atoms with van der Waals surface area (Å²) in [6.45, 7) is 5.90. The van der Waals surface area contributed by atoms with Crippen molar-refractivity contribution in [1.29, 1.82) is 0 Å². The topological polar surface area (TPSA) is 82.7 Å². The Morgan fingerprint density at radius 3 is 2.42 bits per heavy atom. The zero-order chi connectivity index (χ0) is 22.2. The Balaban J connectivity index is 1.79. The van der Waals surface area contributed by atoms with Crippen LogP contribution < -0.4 is 25.6 Å². The number of urea groups is 1. The van der Waals surface area contributed by atoms with Gasteiger partial charge in [0.1, 0.15) is 5.75 Å². The summed E-state index contributed by atoms with van der Waals surface area (Å²) < 4.78 is 5.19. The van der Waals surface area contributed by atoms with Gasteiger partial charge in [-0.25, -0.2) is 4.79 Å². The van der Waals surface area contributed by atoms with Crippen LogP contribution in [0.25, 0.3) is 0 Å². The van der Waals surface area contributed by atoms with Crippen LogP contribution in [0.15, 0.2) is 42.5 Å². The Morgan fingerprint density at radius 2 is 1.74 bits per heavy atom. The molecule has 0 saturated carbocycles. The highest BCUT2D eigenvalue weighted by atomic mass is 16.5. The summed E-state index contributed by atoms with van der Waals surface area (Å²) in [6, 6.07) is 12.4. The van der Waals surface area contributed by atoms with Crippen molar-refractivity contribution in [3.63, 3.8) is 0 Å². The molecule has 1 saturated heterocycles. The minimum absolute atomic E-state index is 0.0784. The highest BCUT2D eigenvalue weighted by molar-refractivity contribution is 6.04. The Kier molecular flexibility index (Phi) is 7.76. The molecule has 3 amide bonds. The molecule has 0 radical (unpaired) electrons. The highest BCUT2D eigenvalue weighted by Gasteiger charge is 2.20. The Labute approximate surface area is 184 Å². The summed E-state index contributed by atoms with van der Waals surface area (Å²) >= 11 is 0. The average molecular weight is 425 g/mol. The van der Waals surface area contributed by atoms with E-state index >= 15 is 0 Å². The summed E-state index contributed by atoms with van der Waals surface area (Å²) in [5, 5.41) is 8.67.